The highest BCUT2D eigenvalue weighted by atomic mass is 32.2. The van der Waals surface area contributed by atoms with Gasteiger partial charge in [-0.05, 0) is 24.1 Å². The summed E-state index contributed by atoms with van der Waals surface area (Å²) in [5.41, 5.74) is 8.04. The first-order valence-corrected chi connectivity index (χ1v) is 6.53. The molecule has 0 bridgehead atoms. The number of nitrogens with zero attached hydrogens (tertiary/aromatic N) is 1. The highest BCUT2D eigenvalue weighted by molar-refractivity contribution is 7.92. The van der Waals surface area contributed by atoms with Gasteiger partial charge in [0.25, 0.3) is 0 Å². The van der Waals surface area contributed by atoms with Gasteiger partial charge in [0.1, 0.15) is 0 Å². The molecule has 0 aromatic heterocycles. The Hall–Kier alpha value is -1.23. The van der Waals surface area contributed by atoms with Crippen LogP contribution in [0.15, 0.2) is 18.2 Å². The van der Waals surface area contributed by atoms with Gasteiger partial charge in [0.15, 0.2) is 0 Å². The van der Waals surface area contributed by atoms with Gasteiger partial charge in [0.2, 0.25) is 10.0 Å². The summed E-state index contributed by atoms with van der Waals surface area (Å²) in [6.07, 6.45) is 2.01. The molecule has 0 amide bonds. The summed E-state index contributed by atoms with van der Waals surface area (Å²) in [6, 6.07) is 5.29. The fourth-order valence-corrected chi connectivity index (χ4v) is 1.79. The summed E-state index contributed by atoms with van der Waals surface area (Å²) in [7, 11) is -1.70. The van der Waals surface area contributed by atoms with Crippen molar-refractivity contribution in [1.29, 1.82) is 0 Å². The molecule has 0 unspecified atom stereocenters. The van der Waals surface area contributed by atoms with E-state index in [1.165, 1.54) is 11.4 Å². The van der Waals surface area contributed by atoms with Gasteiger partial charge >= 0.3 is 0 Å². The van der Waals surface area contributed by atoms with Crippen LogP contribution >= 0.6 is 0 Å². The third kappa shape index (κ3) is 2.62. The number of benzene rings is 1. The zero-order valence-corrected chi connectivity index (χ0v) is 10.0. The largest absolute Gasteiger partial charge is 0.398 e. The number of nitrogens with two attached hydrogens (primary N) is 1. The summed E-state index contributed by atoms with van der Waals surface area (Å²) in [5, 5.41) is 0. The van der Waals surface area contributed by atoms with E-state index in [9.17, 15) is 8.42 Å². The van der Waals surface area contributed by atoms with Crippen LogP contribution in [0.1, 0.15) is 12.5 Å². The Morgan fingerprint density at radius 3 is 2.40 bits per heavy atom. The molecule has 1 aromatic rings. The van der Waals surface area contributed by atoms with E-state index in [-0.39, 0.29) is 0 Å². The number of nitrogen functional groups attached to an aromatic ring is 1. The molecule has 4 nitrogen and oxygen atoms in total. The van der Waals surface area contributed by atoms with E-state index >= 15 is 0 Å². The predicted octanol–water partition coefficient (Wildman–Crippen LogP) is 1.23. The molecule has 0 aliphatic carbocycles. The maximum atomic E-state index is 11.3. The van der Waals surface area contributed by atoms with Crippen LogP contribution in [-0.4, -0.2) is 21.7 Å². The van der Waals surface area contributed by atoms with Gasteiger partial charge in [-0.25, -0.2) is 8.42 Å². The second-order valence-electron chi connectivity index (χ2n) is 3.47. The van der Waals surface area contributed by atoms with E-state index in [1.54, 1.807) is 12.1 Å². The normalized spacial score (nSPS) is 11.4. The Kier molecular flexibility index (Phi) is 3.24. The summed E-state index contributed by atoms with van der Waals surface area (Å²) in [6.45, 7) is 2.01. The number of hydrogen-bond donors (Lipinski definition) is 1. The topological polar surface area (TPSA) is 63.4 Å². The van der Waals surface area contributed by atoms with Crippen LogP contribution in [0.3, 0.4) is 0 Å². The van der Waals surface area contributed by atoms with Crippen LogP contribution in [0.4, 0.5) is 11.4 Å². The summed E-state index contributed by atoms with van der Waals surface area (Å²) in [4.78, 5) is 0. The molecular formula is C10H16N2O2S. The summed E-state index contributed by atoms with van der Waals surface area (Å²) >= 11 is 0. The first-order chi connectivity index (χ1) is 6.86. The number of anilines is 2. The van der Waals surface area contributed by atoms with E-state index < -0.39 is 10.0 Å². The molecule has 0 fully saturated rings. The predicted molar refractivity (Wildman–Crippen MR) is 63.5 cm³/mol. The van der Waals surface area contributed by atoms with Crippen LogP contribution in [0.2, 0.25) is 0 Å². The second-order valence-corrected chi connectivity index (χ2v) is 5.48. The van der Waals surface area contributed by atoms with E-state index in [0.29, 0.717) is 11.4 Å². The van der Waals surface area contributed by atoms with Crippen molar-refractivity contribution in [3.05, 3.63) is 23.8 Å². The Bertz CT molecular complexity index is 454. The summed E-state index contributed by atoms with van der Waals surface area (Å²) < 4.78 is 23.8. The lowest BCUT2D eigenvalue weighted by molar-refractivity contribution is 0.600. The molecule has 0 spiro atoms. The van der Waals surface area contributed by atoms with Gasteiger partial charge < -0.3 is 5.73 Å². The Balaban J connectivity index is 3.13. The van der Waals surface area contributed by atoms with Crippen molar-refractivity contribution in [2.24, 2.45) is 0 Å². The molecule has 84 valence electrons. The fraction of sp³-hybridized carbons (Fsp3) is 0.400. The lowest BCUT2D eigenvalue weighted by Crippen LogP contribution is -2.24. The van der Waals surface area contributed by atoms with Crippen molar-refractivity contribution in [1.82, 2.24) is 0 Å². The van der Waals surface area contributed by atoms with E-state index in [0.717, 1.165) is 18.2 Å². The highest BCUT2D eigenvalue weighted by Gasteiger charge is 2.12. The van der Waals surface area contributed by atoms with Crippen molar-refractivity contribution < 1.29 is 8.42 Å². The maximum absolute atomic E-state index is 11.3. The molecule has 0 aliphatic rings. The lowest BCUT2D eigenvalue weighted by atomic mass is 10.1. The lowest BCUT2D eigenvalue weighted by Gasteiger charge is -2.17. The van der Waals surface area contributed by atoms with Crippen molar-refractivity contribution in [2.75, 3.05) is 23.3 Å². The number of rotatable bonds is 3. The number of aryl methyl sites for hydroxylation is 1. The summed E-state index contributed by atoms with van der Waals surface area (Å²) in [5.74, 6) is 0. The van der Waals surface area contributed by atoms with Crippen LogP contribution in [0, 0.1) is 0 Å². The molecule has 5 heteroatoms. The van der Waals surface area contributed by atoms with Crippen LogP contribution in [-0.2, 0) is 16.4 Å². The smallest absolute Gasteiger partial charge is 0.231 e. The van der Waals surface area contributed by atoms with Crippen LogP contribution in [0.5, 0.6) is 0 Å². The van der Waals surface area contributed by atoms with E-state index in [2.05, 4.69) is 0 Å². The Morgan fingerprint density at radius 1 is 1.40 bits per heavy atom. The monoisotopic (exact) mass is 228 g/mol. The Labute approximate surface area is 90.8 Å². The molecule has 0 radical (unpaired) electrons. The van der Waals surface area contributed by atoms with Crippen molar-refractivity contribution in [2.45, 2.75) is 13.3 Å². The average molecular weight is 228 g/mol. The van der Waals surface area contributed by atoms with Gasteiger partial charge in [-0.15, -0.1) is 0 Å². The Morgan fingerprint density at radius 2 is 2.00 bits per heavy atom. The van der Waals surface area contributed by atoms with E-state index in [1.807, 2.05) is 13.0 Å². The molecule has 0 aliphatic heterocycles. The third-order valence-electron chi connectivity index (χ3n) is 2.37. The quantitative estimate of drug-likeness (QED) is 0.791. The molecule has 2 N–H and O–H groups in total. The fourth-order valence-electron chi connectivity index (χ4n) is 1.29. The number of hydrogen-bond acceptors (Lipinski definition) is 3. The van der Waals surface area contributed by atoms with Crippen molar-refractivity contribution in [3.63, 3.8) is 0 Å². The maximum Gasteiger partial charge on any atom is 0.231 e. The molecule has 1 aromatic carbocycles. The number of sulfonamides is 1. The van der Waals surface area contributed by atoms with Crippen molar-refractivity contribution in [3.8, 4) is 0 Å². The SMILES string of the molecule is CCc1ccc(N(C)S(C)(=O)=O)cc1N. The minimum Gasteiger partial charge on any atom is -0.398 e. The van der Waals surface area contributed by atoms with Crippen LogP contribution in [0.25, 0.3) is 0 Å². The first-order valence-electron chi connectivity index (χ1n) is 4.68. The standard InChI is InChI=1S/C10H16N2O2S/c1-4-8-5-6-9(7-10(8)11)12(2)15(3,13)14/h5-7H,4,11H2,1-3H3. The van der Waals surface area contributed by atoms with Gasteiger partial charge in [-0.1, -0.05) is 13.0 Å². The minimum atomic E-state index is -3.21. The zero-order chi connectivity index (χ0) is 11.6. The first kappa shape index (κ1) is 11.8. The second kappa shape index (κ2) is 4.10. The van der Waals surface area contributed by atoms with Gasteiger partial charge in [0, 0.05) is 12.7 Å². The van der Waals surface area contributed by atoms with Gasteiger partial charge in [-0.3, -0.25) is 4.31 Å². The van der Waals surface area contributed by atoms with Crippen molar-refractivity contribution >= 4 is 21.4 Å². The molecule has 0 saturated carbocycles. The van der Waals surface area contributed by atoms with E-state index in [4.69, 9.17) is 5.73 Å². The molecular weight excluding hydrogens is 212 g/mol. The molecule has 0 heterocycles. The molecule has 15 heavy (non-hydrogen) atoms. The van der Waals surface area contributed by atoms with Crippen LogP contribution < -0.4 is 10.0 Å². The van der Waals surface area contributed by atoms with Gasteiger partial charge in [-0.2, -0.15) is 0 Å². The molecule has 0 atom stereocenters. The zero-order valence-electron chi connectivity index (χ0n) is 9.19. The molecule has 0 saturated heterocycles. The molecule has 1 rings (SSSR count). The highest BCUT2D eigenvalue weighted by Crippen LogP contribution is 2.22. The minimum absolute atomic E-state index is 0.590. The third-order valence-corrected chi connectivity index (χ3v) is 3.58. The van der Waals surface area contributed by atoms with Gasteiger partial charge in [0.05, 0.1) is 11.9 Å². The average Bonchev–Trinajstić information content (AvgIpc) is 2.15.